The molecule has 0 radical (unpaired) electrons. The van der Waals surface area contributed by atoms with E-state index in [4.69, 9.17) is 8.94 Å². The third-order valence-corrected chi connectivity index (χ3v) is 4.73. The van der Waals surface area contributed by atoms with E-state index in [0.717, 1.165) is 29.7 Å². The fourth-order valence-corrected chi connectivity index (χ4v) is 3.48. The highest BCUT2D eigenvalue weighted by atomic mass is 16.5. The second-order valence-corrected chi connectivity index (χ2v) is 6.35. The number of furan rings is 1. The smallest absolute Gasteiger partial charge is 0.276 e. The molecule has 130 valence electrons. The van der Waals surface area contributed by atoms with Gasteiger partial charge in [-0.2, -0.15) is 0 Å². The Morgan fingerprint density at radius 3 is 2.96 bits per heavy atom. The predicted molar refractivity (Wildman–Crippen MR) is 93.3 cm³/mol. The molecule has 4 aromatic rings. The van der Waals surface area contributed by atoms with E-state index in [2.05, 4.69) is 15.1 Å². The molecule has 0 unspecified atom stereocenters. The summed E-state index contributed by atoms with van der Waals surface area (Å²) in [5, 5.41) is 3.93. The van der Waals surface area contributed by atoms with Crippen molar-refractivity contribution in [1.82, 2.24) is 20.0 Å². The number of fused-ring (bicyclic) bond motifs is 1. The van der Waals surface area contributed by atoms with Crippen molar-refractivity contribution in [3.05, 3.63) is 60.2 Å². The maximum absolute atomic E-state index is 13.0. The summed E-state index contributed by atoms with van der Waals surface area (Å²) in [6.45, 7) is 0.670. The van der Waals surface area contributed by atoms with Gasteiger partial charge in [-0.3, -0.25) is 4.79 Å². The molecular weight excluding hydrogens is 332 g/mol. The minimum absolute atomic E-state index is 0.0846. The molecule has 4 heterocycles. The summed E-state index contributed by atoms with van der Waals surface area (Å²) in [6, 6.07) is 12.9. The first-order chi connectivity index (χ1) is 12.8. The first-order valence-corrected chi connectivity index (χ1v) is 8.56. The Balaban J connectivity index is 1.44. The molecule has 1 aromatic carbocycles. The number of hydrogen-bond acceptors (Lipinski definition) is 5. The third-order valence-electron chi connectivity index (χ3n) is 4.73. The van der Waals surface area contributed by atoms with Crippen molar-refractivity contribution in [3.8, 4) is 11.5 Å². The molecule has 7 heteroatoms. The van der Waals surface area contributed by atoms with E-state index < -0.39 is 0 Å². The number of rotatable bonds is 3. The number of carbonyl (C=O) groups is 1. The molecule has 3 aromatic heterocycles. The van der Waals surface area contributed by atoms with Gasteiger partial charge in [0.2, 0.25) is 5.76 Å². The van der Waals surface area contributed by atoms with Crippen LogP contribution in [0.3, 0.4) is 0 Å². The Kier molecular flexibility index (Phi) is 3.38. The maximum atomic E-state index is 13.0. The number of aromatic nitrogens is 3. The van der Waals surface area contributed by atoms with Gasteiger partial charge in [0.15, 0.2) is 11.5 Å². The van der Waals surface area contributed by atoms with Crippen LogP contribution in [0.15, 0.2) is 57.7 Å². The summed E-state index contributed by atoms with van der Waals surface area (Å²) in [5.41, 5.74) is 2.16. The highest BCUT2D eigenvalue weighted by molar-refractivity contribution is 5.93. The SMILES string of the molecule is O=C(c1cc(-c2ccco2)on1)N1CCC[C@H]1c1nc2ccccc2[nH]1. The van der Waals surface area contributed by atoms with Crippen molar-refractivity contribution in [1.29, 1.82) is 0 Å². The Labute approximate surface area is 148 Å². The number of hydrogen-bond donors (Lipinski definition) is 1. The van der Waals surface area contributed by atoms with Crippen LogP contribution in [0.2, 0.25) is 0 Å². The number of H-pyrrole nitrogens is 1. The average Bonchev–Trinajstić information content (AvgIpc) is 3.47. The maximum Gasteiger partial charge on any atom is 0.276 e. The molecule has 5 rings (SSSR count). The van der Waals surface area contributed by atoms with Crippen LogP contribution >= 0.6 is 0 Å². The van der Waals surface area contributed by atoms with Crippen molar-refractivity contribution < 1.29 is 13.7 Å². The second kappa shape index (κ2) is 5.87. The molecule has 1 aliphatic rings. The number of imidazole rings is 1. The highest BCUT2D eigenvalue weighted by Gasteiger charge is 2.34. The highest BCUT2D eigenvalue weighted by Crippen LogP contribution is 2.33. The van der Waals surface area contributed by atoms with Crippen LogP contribution in [0.25, 0.3) is 22.6 Å². The molecular formula is C19H16N4O3. The number of para-hydroxylation sites is 2. The Bertz CT molecular complexity index is 1030. The predicted octanol–water partition coefficient (Wildman–Crippen LogP) is 3.79. The Hall–Kier alpha value is -3.35. The quantitative estimate of drug-likeness (QED) is 0.608. The largest absolute Gasteiger partial charge is 0.461 e. The van der Waals surface area contributed by atoms with Crippen molar-refractivity contribution >= 4 is 16.9 Å². The minimum atomic E-state index is -0.158. The lowest BCUT2D eigenvalue weighted by Gasteiger charge is -2.21. The number of aromatic amines is 1. The summed E-state index contributed by atoms with van der Waals surface area (Å²) in [7, 11) is 0. The summed E-state index contributed by atoms with van der Waals surface area (Å²) in [6.07, 6.45) is 3.35. The van der Waals surface area contributed by atoms with E-state index in [1.54, 1.807) is 24.5 Å². The zero-order valence-corrected chi connectivity index (χ0v) is 13.9. The Morgan fingerprint density at radius 2 is 2.12 bits per heavy atom. The van der Waals surface area contributed by atoms with Crippen molar-refractivity contribution in [2.24, 2.45) is 0 Å². The van der Waals surface area contributed by atoms with E-state index in [1.165, 1.54) is 0 Å². The van der Waals surface area contributed by atoms with Gasteiger partial charge in [-0.25, -0.2) is 4.98 Å². The van der Waals surface area contributed by atoms with Gasteiger partial charge in [0.05, 0.1) is 23.3 Å². The molecule has 26 heavy (non-hydrogen) atoms. The van der Waals surface area contributed by atoms with Gasteiger partial charge in [-0.1, -0.05) is 17.3 Å². The Morgan fingerprint density at radius 1 is 1.19 bits per heavy atom. The average molecular weight is 348 g/mol. The number of nitrogens with zero attached hydrogens (tertiary/aromatic N) is 3. The van der Waals surface area contributed by atoms with Crippen LogP contribution in [-0.4, -0.2) is 32.5 Å². The van der Waals surface area contributed by atoms with Gasteiger partial charge < -0.3 is 18.8 Å². The van der Waals surface area contributed by atoms with Gasteiger partial charge in [-0.05, 0) is 37.1 Å². The van der Waals surface area contributed by atoms with Crippen molar-refractivity contribution in [2.75, 3.05) is 6.54 Å². The van der Waals surface area contributed by atoms with Crippen molar-refractivity contribution in [3.63, 3.8) is 0 Å². The number of amides is 1. The lowest BCUT2D eigenvalue weighted by Crippen LogP contribution is -2.31. The number of carbonyl (C=O) groups excluding carboxylic acids is 1. The summed E-state index contributed by atoms with van der Waals surface area (Å²) < 4.78 is 10.6. The molecule has 0 bridgehead atoms. The summed E-state index contributed by atoms with van der Waals surface area (Å²) in [5.74, 6) is 1.64. The summed E-state index contributed by atoms with van der Waals surface area (Å²) in [4.78, 5) is 22.8. The molecule has 1 aliphatic heterocycles. The molecule has 0 spiro atoms. The molecule has 7 nitrogen and oxygen atoms in total. The fraction of sp³-hybridized carbons (Fsp3) is 0.211. The molecule has 1 saturated heterocycles. The van der Waals surface area contributed by atoms with E-state index >= 15 is 0 Å². The molecule has 1 N–H and O–H groups in total. The van der Waals surface area contributed by atoms with Crippen LogP contribution in [0.1, 0.15) is 35.2 Å². The lowest BCUT2D eigenvalue weighted by atomic mass is 10.2. The molecule has 1 amide bonds. The lowest BCUT2D eigenvalue weighted by molar-refractivity contribution is 0.0720. The fourth-order valence-electron chi connectivity index (χ4n) is 3.48. The molecule has 0 aliphatic carbocycles. The third kappa shape index (κ3) is 2.40. The molecule has 1 atom stereocenters. The normalized spacial score (nSPS) is 17.2. The number of nitrogens with one attached hydrogen (secondary N) is 1. The summed E-state index contributed by atoms with van der Waals surface area (Å²) >= 11 is 0. The first kappa shape index (κ1) is 14.9. The van der Waals surface area contributed by atoms with Gasteiger partial charge in [0.1, 0.15) is 5.82 Å². The first-order valence-electron chi connectivity index (χ1n) is 8.56. The van der Waals surface area contributed by atoms with E-state index in [0.29, 0.717) is 18.1 Å². The van der Waals surface area contributed by atoms with E-state index in [9.17, 15) is 4.79 Å². The van der Waals surface area contributed by atoms with E-state index in [-0.39, 0.29) is 17.6 Å². The van der Waals surface area contributed by atoms with Gasteiger partial charge in [0.25, 0.3) is 5.91 Å². The van der Waals surface area contributed by atoms with Crippen molar-refractivity contribution in [2.45, 2.75) is 18.9 Å². The van der Waals surface area contributed by atoms with Gasteiger partial charge in [-0.15, -0.1) is 0 Å². The van der Waals surface area contributed by atoms with Gasteiger partial charge >= 0.3 is 0 Å². The number of likely N-dealkylation sites (tertiary alicyclic amines) is 1. The monoisotopic (exact) mass is 348 g/mol. The van der Waals surface area contributed by atoms with Crippen LogP contribution < -0.4 is 0 Å². The van der Waals surface area contributed by atoms with Gasteiger partial charge in [0, 0.05) is 12.6 Å². The second-order valence-electron chi connectivity index (χ2n) is 6.35. The van der Waals surface area contributed by atoms with Crippen LogP contribution in [-0.2, 0) is 0 Å². The zero-order chi connectivity index (χ0) is 17.5. The number of benzene rings is 1. The van der Waals surface area contributed by atoms with Crippen LogP contribution in [0, 0.1) is 0 Å². The van der Waals surface area contributed by atoms with Crippen LogP contribution in [0.4, 0.5) is 0 Å². The zero-order valence-electron chi connectivity index (χ0n) is 13.9. The van der Waals surface area contributed by atoms with Crippen LogP contribution in [0.5, 0.6) is 0 Å². The standard InChI is InChI=1S/C19H16N4O3/c24-19(14-11-17(26-22-14)16-8-4-10-25-16)23-9-3-7-15(23)18-20-12-5-1-2-6-13(12)21-18/h1-2,4-6,8,10-11,15H,3,7,9H2,(H,20,21)/t15-/m0/s1. The minimum Gasteiger partial charge on any atom is -0.461 e. The molecule has 1 fully saturated rings. The molecule has 0 saturated carbocycles. The van der Waals surface area contributed by atoms with E-state index in [1.807, 2.05) is 29.2 Å². The topological polar surface area (TPSA) is 88.2 Å².